The highest BCUT2D eigenvalue weighted by atomic mass is 32.2. The molecule has 0 bridgehead atoms. The Morgan fingerprint density at radius 1 is 1.15 bits per heavy atom. The first kappa shape index (κ1) is 16.8. The standard InChI is InChI=1S/C19H18N2O4S/c1-26-15-5-2-13(3-6-15)20-19(23)12-8-18(22)21(10-12)14-4-7-16-17(9-14)25-11-24-16/h2-7,9,12H,8,10-11H2,1H3,(H,20,23). The molecule has 1 saturated heterocycles. The molecule has 0 aromatic heterocycles. The van der Waals surface area contributed by atoms with Crippen LogP contribution in [0.15, 0.2) is 47.4 Å². The van der Waals surface area contributed by atoms with E-state index >= 15 is 0 Å². The first-order valence-electron chi connectivity index (χ1n) is 8.29. The maximum absolute atomic E-state index is 12.5. The van der Waals surface area contributed by atoms with E-state index in [2.05, 4.69) is 5.32 Å². The van der Waals surface area contributed by atoms with E-state index in [0.29, 0.717) is 18.0 Å². The van der Waals surface area contributed by atoms with Gasteiger partial charge in [-0.1, -0.05) is 0 Å². The smallest absolute Gasteiger partial charge is 0.231 e. The molecule has 1 fully saturated rings. The summed E-state index contributed by atoms with van der Waals surface area (Å²) in [5.74, 6) is 0.703. The summed E-state index contributed by atoms with van der Waals surface area (Å²) in [4.78, 5) is 27.7. The van der Waals surface area contributed by atoms with Crippen molar-refractivity contribution in [1.82, 2.24) is 0 Å². The molecule has 7 heteroatoms. The van der Waals surface area contributed by atoms with Gasteiger partial charge in [0.1, 0.15) is 0 Å². The third kappa shape index (κ3) is 3.22. The Morgan fingerprint density at radius 2 is 1.92 bits per heavy atom. The minimum atomic E-state index is -0.381. The highest BCUT2D eigenvalue weighted by Crippen LogP contribution is 2.37. The lowest BCUT2D eigenvalue weighted by Crippen LogP contribution is -2.28. The number of carbonyl (C=O) groups is 2. The van der Waals surface area contributed by atoms with Gasteiger partial charge in [-0.2, -0.15) is 0 Å². The normalized spacial score (nSPS) is 18.3. The van der Waals surface area contributed by atoms with Crippen LogP contribution in [-0.4, -0.2) is 31.4 Å². The van der Waals surface area contributed by atoms with Crippen molar-refractivity contribution < 1.29 is 19.1 Å². The molecule has 1 N–H and O–H groups in total. The van der Waals surface area contributed by atoms with Gasteiger partial charge in [-0.3, -0.25) is 9.59 Å². The molecule has 0 spiro atoms. The average molecular weight is 370 g/mol. The molecule has 0 radical (unpaired) electrons. The monoisotopic (exact) mass is 370 g/mol. The van der Waals surface area contributed by atoms with Gasteiger partial charge in [0.2, 0.25) is 18.6 Å². The van der Waals surface area contributed by atoms with Gasteiger partial charge in [0.15, 0.2) is 11.5 Å². The predicted octanol–water partition coefficient (Wildman–Crippen LogP) is 3.13. The van der Waals surface area contributed by atoms with Gasteiger partial charge in [-0.25, -0.2) is 0 Å². The Morgan fingerprint density at radius 3 is 2.69 bits per heavy atom. The molecule has 2 aliphatic rings. The minimum absolute atomic E-state index is 0.0678. The number of hydrogen-bond acceptors (Lipinski definition) is 5. The number of fused-ring (bicyclic) bond motifs is 1. The molecule has 2 amide bonds. The maximum atomic E-state index is 12.5. The number of amides is 2. The Balaban J connectivity index is 1.44. The van der Waals surface area contributed by atoms with Crippen molar-refractivity contribution in [1.29, 1.82) is 0 Å². The van der Waals surface area contributed by atoms with E-state index < -0.39 is 0 Å². The fourth-order valence-electron chi connectivity index (χ4n) is 3.10. The van der Waals surface area contributed by atoms with E-state index in [-0.39, 0.29) is 30.9 Å². The van der Waals surface area contributed by atoms with Crippen molar-refractivity contribution in [2.24, 2.45) is 5.92 Å². The summed E-state index contributed by atoms with van der Waals surface area (Å²) in [5, 5.41) is 2.90. The highest BCUT2D eigenvalue weighted by molar-refractivity contribution is 7.98. The third-order valence-electron chi connectivity index (χ3n) is 4.52. The van der Waals surface area contributed by atoms with Crippen LogP contribution < -0.4 is 19.7 Å². The molecular weight excluding hydrogens is 352 g/mol. The number of nitrogens with one attached hydrogen (secondary N) is 1. The van der Waals surface area contributed by atoms with Crippen LogP contribution in [0.5, 0.6) is 11.5 Å². The van der Waals surface area contributed by atoms with Crippen LogP contribution in [0.25, 0.3) is 0 Å². The number of anilines is 2. The number of rotatable bonds is 4. The number of ether oxygens (including phenoxy) is 2. The molecule has 1 atom stereocenters. The SMILES string of the molecule is CSc1ccc(NC(=O)C2CC(=O)N(c3ccc4c(c3)OCO4)C2)cc1. The second kappa shape index (κ2) is 6.92. The molecule has 1 unspecified atom stereocenters. The minimum Gasteiger partial charge on any atom is -0.454 e. The topological polar surface area (TPSA) is 67.9 Å². The molecule has 2 heterocycles. The Bertz CT molecular complexity index is 853. The van der Waals surface area contributed by atoms with Crippen LogP contribution in [0.3, 0.4) is 0 Å². The Kier molecular flexibility index (Phi) is 4.46. The molecule has 0 aliphatic carbocycles. The van der Waals surface area contributed by atoms with E-state index in [1.807, 2.05) is 36.6 Å². The largest absolute Gasteiger partial charge is 0.454 e. The summed E-state index contributed by atoms with van der Waals surface area (Å²) in [6.45, 7) is 0.542. The third-order valence-corrected chi connectivity index (χ3v) is 5.26. The predicted molar refractivity (Wildman–Crippen MR) is 99.9 cm³/mol. The zero-order valence-electron chi connectivity index (χ0n) is 14.2. The number of thioether (sulfide) groups is 1. The fourth-order valence-corrected chi connectivity index (χ4v) is 3.51. The van der Waals surface area contributed by atoms with E-state index in [1.165, 1.54) is 0 Å². The fraction of sp³-hybridized carbons (Fsp3) is 0.263. The van der Waals surface area contributed by atoms with E-state index in [0.717, 1.165) is 16.3 Å². The van der Waals surface area contributed by atoms with Crippen molar-refractivity contribution in [3.05, 3.63) is 42.5 Å². The molecule has 26 heavy (non-hydrogen) atoms. The van der Waals surface area contributed by atoms with E-state index in [4.69, 9.17) is 9.47 Å². The summed E-state index contributed by atoms with van der Waals surface area (Å²) in [6.07, 6.45) is 2.20. The summed E-state index contributed by atoms with van der Waals surface area (Å²) in [5.41, 5.74) is 1.46. The number of nitrogens with zero attached hydrogens (tertiary/aromatic N) is 1. The molecule has 2 aromatic carbocycles. The van der Waals surface area contributed by atoms with Crippen LogP contribution in [-0.2, 0) is 9.59 Å². The lowest BCUT2D eigenvalue weighted by atomic mass is 10.1. The van der Waals surface area contributed by atoms with Crippen LogP contribution in [0.1, 0.15) is 6.42 Å². The molecule has 134 valence electrons. The van der Waals surface area contributed by atoms with Gasteiger partial charge in [0.05, 0.1) is 5.92 Å². The van der Waals surface area contributed by atoms with Crippen molar-refractivity contribution in [3.8, 4) is 11.5 Å². The molecule has 2 aromatic rings. The zero-order valence-corrected chi connectivity index (χ0v) is 15.0. The number of carbonyl (C=O) groups excluding carboxylic acids is 2. The zero-order chi connectivity index (χ0) is 18.1. The number of hydrogen-bond donors (Lipinski definition) is 1. The van der Waals surface area contributed by atoms with Crippen LogP contribution in [0.4, 0.5) is 11.4 Å². The van der Waals surface area contributed by atoms with E-state index in [1.54, 1.807) is 28.8 Å². The lowest BCUT2D eigenvalue weighted by Gasteiger charge is -2.17. The molecule has 2 aliphatic heterocycles. The van der Waals surface area contributed by atoms with Gasteiger partial charge in [-0.05, 0) is 42.7 Å². The summed E-state index contributed by atoms with van der Waals surface area (Å²) >= 11 is 1.65. The Labute approximate surface area is 155 Å². The molecule has 4 rings (SSSR count). The molecule has 6 nitrogen and oxygen atoms in total. The van der Waals surface area contributed by atoms with Gasteiger partial charge in [-0.15, -0.1) is 11.8 Å². The first-order valence-corrected chi connectivity index (χ1v) is 9.51. The van der Waals surface area contributed by atoms with Crippen molar-refractivity contribution in [2.75, 3.05) is 29.8 Å². The van der Waals surface area contributed by atoms with Crippen molar-refractivity contribution >= 4 is 35.0 Å². The van der Waals surface area contributed by atoms with E-state index in [9.17, 15) is 9.59 Å². The Hall–Kier alpha value is -2.67. The van der Waals surface area contributed by atoms with Crippen LogP contribution >= 0.6 is 11.8 Å². The quantitative estimate of drug-likeness (QED) is 0.838. The first-order chi connectivity index (χ1) is 12.6. The summed E-state index contributed by atoms with van der Waals surface area (Å²) in [7, 11) is 0. The maximum Gasteiger partial charge on any atom is 0.231 e. The molecular formula is C19H18N2O4S. The van der Waals surface area contributed by atoms with Gasteiger partial charge in [0, 0.05) is 35.3 Å². The summed E-state index contributed by atoms with van der Waals surface area (Å²) in [6, 6.07) is 13.0. The van der Waals surface area contributed by atoms with Crippen molar-refractivity contribution in [3.63, 3.8) is 0 Å². The molecule has 0 saturated carbocycles. The van der Waals surface area contributed by atoms with Crippen molar-refractivity contribution in [2.45, 2.75) is 11.3 Å². The van der Waals surface area contributed by atoms with Gasteiger partial charge < -0.3 is 19.7 Å². The average Bonchev–Trinajstić information content (AvgIpc) is 3.28. The van der Waals surface area contributed by atoms with Gasteiger partial charge in [0.25, 0.3) is 0 Å². The second-order valence-corrected chi connectivity index (χ2v) is 7.04. The summed E-state index contributed by atoms with van der Waals surface area (Å²) < 4.78 is 10.7. The van der Waals surface area contributed by atoms with Crippen LogP contribution in [0, 0.1) is 5.92 Å². The second-order valence-electron chi connectivity index (χ2n) is 6.16. The van der Waals surface area contributed by atoms with Gasteiger partial charge >= 0.3 is 0 Å². The highest BCUT2D eigenvalue weighted by Gasteiger charge is 2.35. The van der Waals surface area contributed by atoms with Crippen LogP contribution in [0.2, 0.25) is 0 Å². The number of benzene rings is 2. The lowest BCUT2D eigenvalue weighted by molar-refractivity contribution is -0.122.